The third-order valence-electron chi connectivity index (χ3n) is 4.31. The van der Waals surface area contributed by atoms with E-state index in [1.165, 1.54) is 29.7 Å². The van der Waals surface area contributed by atoms with Crippen LogP contribution in [0.4, 0.5) is 0 Å². The predicted octanol–water partition coefficient (Wildman–Crippen LogP) is 2.18. The number of nitrogens with one attached hydrogen (secondary N) is 1. The number of aromatic nitrogens is 1. The standard InChI is InChI=1S/C18H19N3O4S/c1-11-2-3-15(26-11)16(22)20-13-5-8-21(9-6-13)17(23)14-10-12(18(24)25)4-7-19-14/h2-4,7,10,13H,5-6,8-9H2,1H3,(H,20,22)(H,24,25). The number of hydrogen-bond donors (Lipinski definition) is 2. The maximum atomic E-state index is 12.5. The van der Waals surface area contributed by atoms with Crippen LogP contribution in [0.25, 0.3) is 0 Å². The second-order valence-electron chi connectivity index (χ2n) is 6.19. The topological polar surface area (TPSA) is 99.6 Å². The second kappa shape index (κ2) is 7.65. The molecule has 0 saturated carbocycles. The van der Waals surface area contributed by atoms with Gasteiger partial charge in [0.1, 0.15) is 5.69 Å². The van der Waals surface area contributed by atoms with Crippen LogP contribution in [-0.4, -0.2) is 51.9 Å². The molecule has 0 bridgehead atoms. The van der Waals surface area contributed by atoms with Crippen LogP contribution >= 0.6 is 11.3 Å². The lowest BCUT2D eigenvalue weighted by molar-refractivity contribution is 0.0692. The summed E-state index contributed by atoms with van der Waals surface area (Å²) in [5, 5.41) is 12.0. The molecular weight excluding hydrogens is 354 g/mol. The van der Waals surface area contributed by atoms with E-state index >= 15 is 0 Å². The minimum atomic E-state index is -1.09. The number of amides is 2. The van der Waals surface area contributed by atoms with Crippen LogP contribution < -0.4 is 5.32 Å². The van der Waals surface area contributed by atoms with Crippen molar-refractivity contribution in [2.45, 2.75) is 25.8 Å². The van der Waals surface area contributed by atoms with Gasteiger partial charge in [0, 0.05) is 30.2 Å². The Hall–Kier alpha value is -2.74. The van der Waals surface area contributed by atoms with Gasteiger partial charge in [0.05, 0.1) is 10.4 Å². The van der Waals surface area contributed by atoms with Crippen molar-refractivity contribution in [3.05, 3.63) is 51.5 Å². The van der Waals surface area contributed by atoms with E-state index < -0.39 is 5.97 Å². The highest BCUT2D eigenvalue weighted by Gasteiger charge is 2.26. The van der Waals surface area contributed by atoms with Crippen molar-refractivity contribution in [2.75, 3.05) is 13.1 Å². The van der Waals surface area contributed by atoms with E-state index in [0.717, 1.165) is 4.88 Å². The van der Waals surface area contributed by atoms with Gasteiger partial charge < -0.3 is 15.3 Å². The number of likely N-dealkylation sites (tertiary alicyclic amines) is 1. The van der Waals surface area contributed by atoms with Crippen molar-refractivity contribution in [3.63, 3.8) is 0 Å². The van der Waals surface area contributed by atoms with E-state index in [1.54, 1.807) is 4.90 Å². The Morgan fingerprint density at radius 1 is 1.23 bits per heavy atom. The van der Waals surface area contributed by atoms with Crippen LogP contribution in [0.15, 0.2) is 30.5 Å². The second-order valence-corrected chi connectivity index (χ2v) is 7.47. The average Bonchev–Trinajstić information content (AvgIpc) is 3.08. The SMILES string of the molecule is Cc1ccc(C(=O)NC2CCN(C(=O)c3cc(C(=O)O)ccn3)CC2)s1. The first-order valence-corrected chi connectivity index (χ1v) is 9.11. The zero-order valence-corrected chi connectivity index (χ0v) is 15.1. The van der Waals surface area contributed by atoms with Gasteiger partial charge in [-0.1, -0.05) is 0 Å². The van der Waals surface area contributed by atoms with Gasteiger partial charge in [-0.05, 0) is 44.0 Å². The number of aromatic carboxylic acids is 1. The zero-order chi connectivity index (χ0) is 18.7. The molecule has 0 radical (unpaired) electrons. The number of pyridine rings is 1. The number of carboxylic acids is 1. The fraction of sp³-hybridized carbons (Fsp3) is 0.333. The summed E-state index contributed by atoms with van der Waals surface area (Å²) in [5.74, 6) is -1.46. The van der Waals surface area contributed by atoms with Gasteiger partial charge in [0.2, 0.25) is 0 Å². The van der Waals surface area contributed by atoms with Crippen LogP contribution in [0.3, 0.4) is 0 Å². The highest BCUT2D eigenvalue weighted by molar-refractivity contribution is 7.13. The molecule has 0 atom stereocenters. The van der Waals surface area contributed by atoms with Gasteiger partial charge in [-0.2, -0.15) is 0 Å². The number of carbonyl (C=O) groups is 3. The lowest BCUT2D eigenvalue weighted by Gasteiger charge is -2.32. The highest BCUT2D eigenvalue weighted by Crippen LogP contribution is 2.17. The Morgan fingerprint density at radius 3 is 2.58 bits per heavy atom. The van der Waals surface area contributed by atoms with Gasteiger partial charge in [-0.25, -0.2) is 4.79 Å². The molecule has 0 spiro atoms. The molecule has 7 nitrogen and oxygen atoms in total. The molecule has 3 heterocycles. The van der Waals surface area contributed by atoms with E-state index in [-0.39, 0.29) is 29.1 Å². The van der Waals surface area contributed by atoms with Crippen LogP contribution in [0.2, 0.25) is 0 Å². The van der Waals surface area contributed by atoms with Crippen molar-refractivity contribution >= 4 is 29.1 Å². The number of carbonyl (C=O) groups excluding carboxylic acids is 2. The first kappa shape index (κ1) is 18.1. The summed E-state index contributed by atoms with van der Waals surface area (Å²) in [4.78, 5) is 43.2. The fourth-order valence-corrected chi connectivity index (χ4v) is 3.65. The van der Waals surface area contributed by atoms with Gasteiger partial charge >= 0.3 is 5.97 Å². The summed E-state index contributed by atoms with van der Waals surface area (Å²) in [6.07, 6.45) is 2.63. The van der Waals surface area contributed by atoms with E-state index in [9.17, 15) is 14.4 Å². The summed E-state index contributed by atoms with van der Waals surface area (Å²) in [7, 11) is 0. The minimum absolute atomic E-state index is 0.0206. The van der Waals surface area contributed by atoms with Gasteiger partial charge in [-0.3, -0.25) is 14.6 Å². The van der Waals surface area contributed by atoms with Crippen molar-refractivity contribution in [1.82, 2.24) is 15.2 Å². The predicted molar refractivity (Wildman–Crippen MR) is 96.6 cm³/mol. The third-order valence-corrected chi connectivity index (χ3v) is 5.31. The van der Waals surface area contributed by atoms with Gasteiger partial charge in [0.25, 0.3) is 11.8 Å². The summed E-state index contributed by atoms with van der Waals surface area (Å²) in [5.41, 5.74) is 0.165. The lowest BCUT2D eigenvalue weighted by Crippen LogP contribution is -2.46. The molecule has 26 heavy (non-hydrogen) atoms. The molecule has 2 N–H and O–H groups in total. The molecule has 2 aromatic rings. The third kappa shape index (κ3) is 4.08. The molecule has 3 rings (SSSR count). The van der Waals surface area contributed by atoms with Crippen molar-refractivity contribution in [1.29, 1.82) is 0 Å². The largest absolute Gasteiger partial charge is 0.478 e. The molecule has 0 aliphatic carbocycles. The van der Waals surface area contributed by atoms with Crippen molar-refractivity contribution in [3.8, 4) is 0 Å². The van der Waals surface area contributed by atoms with Crippen LogP contribution in [-0.2, 0) is 0 Å². The van der Waals surface area contributed by atoms with Gasteiger partial charge in [0.15, 0.2) is 0 Å². The number of thiophene rings is 1. The monoisotopic (exact) mass is 373 g/mol. The van der Waals surface area contributed by atoms with Gasteiger partial charge in [-0.15, -0.1) is 11.3 Å². The molecule has 0 unspecified atom stereocenters. The molecule has 1 saturated heterocycles. The summed E-state index contributed by atoms with van der Waals surface area (Å²) in [6, 6.07) is 6.39. The number of carboxylic acid groups (broad SMARTS) is 1. The molecular formula is C18H19N3O4S. The normalized spacial score (nSPS) is 14.9. The Balaban J connectivity index is 1.56. The first-order chi connectivity index (χ1) is 12.4. The quantitative estimate of drug-likeness (QED) is 0.856. The lowest BCUT2D eigenvalue weighted by atomic mass is 10.0. The minimum Gasteiger partial charge on any atom is -0.478 e. The van der Waals surface area contributed by atoms with Crippen molar-refractivity contribution < 1.29 is 19.5 Å². The van der Waals surface area contributed by atoms with Crippen LogP contribution in [0.1, 0.15) is 48.2 Å². The summed E-state index contributed by atoms with van der Waals surface area (Å²) in [6.45, 7) is 2.94. The Morgan fingerprint density at radius 2 is 1.96 bits per heavy atom. The Bertz CT molecular complexity index is 840. The summed E-state index contributed by atoms with van der Waals surface area (Å²) < 4.78 is 0. The number of piperidine rings is 1. The van der Waals surface area contributed by atoms with Crippen LogP contribution in [0, 0.1) is 6.92 Å². The molecule has 1 aliphatic heterocycles. The Kier molecular flexibility index (Phi) is 5.32. The molecule has 136 valence electrons. The Labute approximate surface area is 154 Å². The van der Waals surface area contributed by atoms with E-state index in [4.69, 9.17) is 5.11 Å². The number of nitrogens with zero attached hydrogens (tertiary/aromatic N) is 2. The molecule has 2 amide bonds. The maximum Gasteiger partial charge on any atom is 0.335 e. The number of rotatable bonds is 4. The van der Waals surface area contributed by atoms with E-state index in [1.807, 2.05) is 19.1 Å². The van der Waals surface area contributed by atoms with Crippen molar-refractivity contribution in [2.24, 2.45) is 0 Å². The fourth-order valence-electron chi connectivity index (χ4n) is 2.88. The average molecular weight is 373 g/mol. The molecule has 0 aromatic carbocycles. The zero-order valence-electron chi connectivity index (χ0n) is 14.3. The maximum absolute atomic E-state index is 12.5. The molecule has 8 heteroatoms. The number of hydrogen-bond acceptors (Lipinski definition) is 5. The highest BCUT2D eigenvalue weighted by atomic mass is 32.1. The molecule has 1 fully saturated rings. The smallest absolute Gasteiger partial charge is 0.335 e. The summed E-state index contributed by atoms with van der Waals surface area (Å²) >= 11 is 1.46. The van der Waals surface area contributed by atoms with E-state index in [2.05, 4.69) is 10.3 Å². The molecule has 2 aromatic heterocycles. The van der Waals surface area contributed by atoms with E-state index in [0.29, 0.717) is 30.8 Å². The molecule has 1 aliphatic rings. The number of aryl methyl sites for hydroxylation is 1. The first-order valence-electron chi connectivity index (χ1n) is 8.30. The van der Waals surface area contributed by atoms with Crippen LogP contribution in [0.5, 0.6) is 0 Å².